The van der Waals surface area contributed by atoms with E-state index in [-0.39, 0.29) is 0 Å². The van der Waals surface area contributed by atoms with Crippen LogP contribution in [0.4, 0.5) is 0 Å². The van der Waals surface area contributed by atoms with Crippen LogP contribution in [0.2, 0.25) is 0 Å². The Morgan fingerprint density at radius 3 is 2.76 bits per heavy atom. The van der Waals surface area contributed by atoms with Gasteiger partial charge in [-0.25, -0.2) is 4.98 Å². The minimum atomic E-state index is 0.612. The van der Waals surface area contributed by atoms with Crippen molar-refractivity contribution in [2.75, 3.05) is 0 Å². The summed E-state index contributed by atoms with van der Waals surface area (Å²) >= 11 is 3.54. The number of aromatic nitrogens is 1. The molecule has 1 N–H and O–H groups in total. The maximum Gasteiger partial charge on any atom is 0.166 e. The molecule has 4 heteroatoms. The lowest BCUT2D eigenvalue weighted by atomic mass is 9.79. The van der Waals surface area contributed by atoms with Crippen LogP contribution < -0.4 is 4.72 Å². The van der Waals surface area contributed by atoms with E-state index in [1.165, 1.54) is 35.0 Å². The van der Waals surface area contributed by atoms with E-state index in [2.05, 4.69) is 43.7 Å². The van der Waals surface area contributed by atoms with E-state index in [1.54, 1.807) is 11.9 Å². The Morgan fingerprint density at radius 1 is 1.29 bits per heavy atom. The van der Waals surface area contributed by atoms with Gasteiger partial charge in [-0.05, 0) is 54.7 Å². The van der Waals surface area contributed by atoms with Crippen molar-refractivity contribution >= 4 is 33.5 Å². The first-order valence-corrected chi connectivity index (χ1v) is 9.63. The third-order valence-corrected chi connectivity index (χ3v) is 6.66. The van der Waals surface area contributed by atoms with Gasteiger partial charge in [0, 0.05) is 6.04 Å². The van der Waals surface area contributed by atoms with Crippen molar-refractivity contribution in [1.29, 1.82) is 0 Å². The molecule has 2 unspecified atom stereocenters. The first-order chi connectivity index (χ1) is 10.2. The highest BCUT2D eigenvalue weighted by Gasteiger charge is 2.27. The van der Waals surface area contributed by atoms with E-state index < -0.39 is 0 Å². The number of rotatable bonds is 4. The van der Waals surface area contributed by atoms with Gasteiger partial charge in [-0.2, -0.15) is 0 Å². The highest BCUT2D eigenvalue weighted by atomic mass is 32.2. The molecule has 2 aromatic rings. The van der Waals surface area contributed by atoms with Gasteiger partial charge in [-0.15, -0.1) is 11.3 Å². The lowest BCUT2D eigenvalue weighted by Crippen LogP contribution is -2.39. The molecule has 0 aliphatic heterocycles. The second kappa shape index (κ2) is 6.67. The summed E-state index contributed by atoms with van der Waals surface area (Å²) in [7, 11) is 0. The van der Waals surface area contributed by atoms with E-state index in [9.17, 15) is 0 Å². The lowest BCUT2D eigenvalue weighted by molar-refractivity contribution is 0.238. The monoisotopic (exact) mass is 320 g/mol. The number of para-hydroxylation sites is 1. The molecule has 0 bridgehead atoms. The molecule has 3 rings (SSSR count). The zero-order valence-electron chi connectivity index (χ0n) is 13.1. The Hall–Kier alpha value is -0.580. The average Bonchev–Trinajstić information content (AvgIpc) is 2.89. The topological polar surface area (TPSA) is 24.9 Å². The van der Waals surface area contributed by atoms with Gasteiger partial charge < -0.3 is 0 Å². The van der Waals surface area contributed by atoms with Crippen molar-refractivity contribution in [3.8, 4) is 0 Å². The first-order valence-electron chi connectivity index (χ1n) is 7.99. The van der Waals surface area contributed by atoms with Gasteiger partial charge in [0.05, 0.1) is 10.2 Å². The van der Waals surface area contributed by atoms with Gasteiger partial charge in [0.25, 0.3) is 0 Å². The van der Waals surface area contributed by atoms with Crippen molar-refractivity contribution in [2.45, 2.75) is 56.8 Å². The molecule has 21 heavy (non-hydrogen) atoms. The molecule has 1 aliphatic rings. The molecule has 1 fully saturated rings. The first kappa shape index (κ1) is 15.3. The molecule has 114 valence electrons. The number of thiazole rings is 1. The molecule has 0 radical (unpaired) electrons. The van der Waals surface area contributed by atoms with Crippen LogP contribution in [0, 0.1) is 11.8 Å². The van der Waals surface area contributed by atoms with Crippen molar-refractivity contribution in [3.05, 3.63) is 23.8 Å². The van der Waals surface area contributed by atoms with E-state index in [0.717, 1.165) is 22.6 Å². The molecular weight excluding hydrogens is 296 g/mol. The largest absolute Gasteiger partial charge is 0.254 e. The molecule has 1 aromatic carbocycles. The van der Waals surface area contributed by atoms with Crippen LogP contribution in [0.15, 0.2) is 22.5 Å². The fourth-order valence-corrected chi connectivity index (χ4v) is 5.51. The zero-order chi connectivity index (χ0) is 14.8. The van der Waals surface area contributed by atoms with Crippen LogP contribution >= 0.6 is 23.3 Å². The summed E-state index contributed by atoms with van der Waals surface area (Å²) in [4.78, 5) is 4.84. The van der Waals surface area contributed by atoms with Gasteiger partial charge in [0.15, 0.2) is 4.34 Å². The van der Waals surface area contributed by atoms with Crippen LogP contribution in [-0.2, 0) is 6.42 Å². The summed E-state index contributed by atoms with van der Waals surface area (Å²) in [5, 5.41) is 0. The zero-order valence-corrected chi connectivity index (χ0v) is 14.7. The third-order valence-electron chi connectivity index (χ3n) is 4.69. The van der Waals surface area contributed by atoms with Gasteiger partial charge in [-0.1, -0.05) is 39.3 Å². The molecule has 0 amide bonds. The second-order valence-corrected chi connectivity index (χ2v) is 8.34. The molecule has 1 heterocycles. The van der Waals surface area contributed by atoms with Crippen LogP contribution in [0.25, 0.3) is 10.2 Å². The van der Waals surface area contributed by atoms with Crippen LogP contribution in [0.3, 0.4) is 0 Å². The lowest BCUT2D eigenvalue weighted by Gasteiger charge is -2.34. The van der Waals surface area contributed by atoms with Gasteiger partial charge in [0.2, 0.25) is 0 Å². The summed E-state index contributed by atoms with van der Waals surface area (Å²) in [6.45, 7) is 6.95. The fourth-order valence-electron chi connectivity index (χ4n) is 3.35. The smallest absolute Gasteiger partial charge is 0.166 e. The summed E-state index contributed by atoms with van der Waals surface area (Å²) in [6, 6.07) is 7.13. The molecule has 1 aromatic heterocycles. The Balaban J connectivity index is 1.73. The molecule has 0 saturated heterocycles. The molecule has 2 atom stereocenters. The minimum Gasteiger partial charge on any atom is -0.254 e. The maximum atomic E-state index is 4.84. The predicted octanol–water partition coefficient (Wildman–Crippen LogP) is 5.28. The Morgan fingerprint density at radius 2 is 2.05 bits per heavy atom. The Bertz CT molecular complexity index is 598. The van der Waals surface area contributed by atoms with Crippen molar-refractivity contribution in [2.24, 2.45) is 11.8 Å². The number of nitrogens with zero attached hydrogens (tertiary/aromatic N) is 1. The molecule has 1 aliphatic carbocycles. The average molecular weight is 321 g/mol. The number of hydrogen-bond acceptors (Lipinski definition) is 4. The Labute approximate surface area is 135 Å². The normalized spacial score (nSPS) is 26.3. The maximum absolute atomic E-state index is 4.84. The highest BCUT2D eigenvalue weighted by molar-refractivity contribution is 7.99. The third kappa shape index (κ3) is 3.27. The molecular formula is C17H24N2S2. The summed E-state index contributed by atoms with van der Waals surface area (Å²) < 4.78 is 6.16. The number of benzene rings is 1. The van der Waals surface area contributed by atoms with Crippen LogP contribution in [0.5, 0.6) is 0 Å². The number of nitrogens with one attached hydrogen (secondary N) is 1. The predicted molar refractivity (Wildman–Crippen MR) is 94.0 cm³/mol. The van der Waals surface area contributed by atoms with E-state index in [0.29, 0.717) is 6.04 Å². The van der Waals surface area contributed by atoms with Gasteiger partial charge in [0.1, 0.15) is 0 Å². The number of fused-ring (bicyclic) bond motifs is 1. The summed E-state index contributed by atoms with van der Waals surface area (Å²) in [5.74, 6) is 1.53. The number of aryl methyl sites for hydroxylation is 1. The molecule has 2 nitrogen and oxygen atoms in total. The summed E-state index contributed by atoms with van der Waals surface area (Å²) in [6.07, 6.45) is 5.13. The van der Waals surface area contributed by atoms with Crippen molar-refractivity contribution < 1.29 is 0 Å². The van der Waals surface area contributed by atoms with Gasteiger partial charge >= 0.3 is 0 Å². The Kier molecular flexibility index (Phi) is 4.87. The molecule has 1 saturated carbocycles. The van der Waals surface area contributed by atoms with Crippen molar-refractivity contribution in [1.82, 2.24) is 9.71 Å². The van der Waals surface area contributed by atoms with Crippen LogP contribution in [0.1, 0.15) is 45.6 Å². The van der Waals surface area contributed by atoms with E-state index in [1.807, 2.05) is 11.3 Å². The quantitative estimate of drug-likeness (QED) is 0.776. The van der Waals surface area contributed by atoms with Crippen molar-refractivity contribution in [3.63, 3.8) is 0 Å². The second-order valence-electron chi connectivity index (χ2n) is 6.23. The fraction of sp³-hybridized carbons (Fsp3) is 0.588. The highest BCUT2D eigenvalue weighted by Crippen LogP contribution is 2.34. The minimum absolute atomic E-state index is 0.612. The van der Waals surface area contributed by atoms with E-state index in [4.69, 9.17) is 4.98 Å². The van der Waals surface area contributed by atoms with Gasteiger partial charge in [-0.3, -0.25) is 4.72 Å². The van der Waals surface area contributed by atoms with E-state index >= 15 is 0 Å². The standard InChI is InChI=1S/C17H24N2S2/c1-4-13-9-6-10-14-16(13)18-17(20-14)21-19-15-11(2)7-5-8-12(15)3/h6,9-12,15,19H,4-5,7-8H2,1-3H3. The molecule has 0 spiro atoms. The number of hydrogen-bond donors (Lipinski definition) is 1. The summed E-state index contributed by atoms with van der Waals surface area (Å²) in [5.41, 5.74) is 2.55. The SMILES string of the molecule is CCc1cccc2sc(SNC3C(C)CCCC3C)nc12. The van der Waals surface area contributed by atoms with Crippen LogP contribution in [-0.4, -0.2) is 11.0 Å².